The predicted octanol–water partition coefficient (Wildman–Crippen LogP) is 2.60. The molecule has 0 saturated heterocycles. The molecule has 0 bridgehead atoms. The van der Waals surface area contributed by atoms with Crippen LogP contribution < -0.4 is 10.5 Å². The molecule has 2 N–H and O–H groups in total. The molecule has 1 aromatic rings. The molecule has 16 heavy (non-hydrogen) atoms. The molecule has 1 aliphatic rings. The van der Waals surface area contributed by atoms with E-state index in [1.807, 2.05) is 13.8 Å². The first kappa shape index (κ1) is 11.4. The lowest BCUT2D eigenvalue weighted by Gasteiger charge is -2.33. The molecular weight excluding hydrogens is 205 g/mol. The number of rotatable bonds is 3. The number of methoxy groups -OCH3 is 1. The smallest absolute Gasteiger partial charge is 0.130 e. The van der Waals surface area contributed by atoms with Gasteiger partial charge in [0.15, 0.2) is 0 Å². The van der Waals surface area contributed by atoms with Gasteiger partial charge in [-0.15, -0.1) is 0 Å². The van der Waals surface area contributed by atoms with Crippen molar-refractivity contribution in [3.8, 4) is 5.75 Å². The van der Waals surface area contributed by atoms with Crippen molar-refractivity contribution in [1.29, 1.82) is 0 Å². The van der Waals surface area contributed by atoms with E-state index in [0.29, 0.717) is 11.3 Å². The maximum Gasteiger partial charge on any atom is 0.130 e. The summed E-state index contributed by atoms with van der Waals surface area (Å²) in [5.74, 6) is 0.350. The van der Waals surface area contributed by atoms with Crippen molar-refractivity contribution in [2.24, 2.45) is 5.73 Å². The highest BCUT2D eigenvalue weighted by Gasteiger charge is 2.53. The van der Waals surface area contributed by atoms with Gasteiger partial charge in [-0.05, 0) is 25.0 Å². The van der Waals surface area contributed by atoms with Crippen molar-refractivity contribution in [2.75, 3.05) is 7.11 Å². The number of nitrogens with two attached hydrogens (primary N) is 1. The third-order valence-corrected chi connectivity index (χ3v) is 3.85. The van der Waals surface area contributed by atoms with Gasteiger partial charge in [0.2, 0.25) is 0 Å². The highest BCUT2D eigenvalue weighted by atomic mass is 19.1. The Kier molecular flexibility index (Phi) is 2.46. The Balaban J connectivity index is 2.54. The third-order valence-electron chi connectivity index (χ3n) is 3.85. The van der Waals surface area contributed by atoms with E-state index in [9.17, 15) is 4.39 Å². The van der Waals surface area contributed by atoms with Crippen molar-refractivity contribution < 1.29 is 9.13 Å². The summed E-state index contributed by atoms with van der Waals surface area (Å²) >= 11 is 0. The molecule has 0 aromatic heterocycles. The summed E-state index contributed by atoms with van der Waals surface area (Å²) in [4.78, 5) is 0. The van der Waals surface area contributed by atoms with Crippen LogP contribution in [0.3, 0.4) is 0 Å². The summed E-state index contributed by atoms with van der Waals surface area (Å²) in [6.45, 7) is 3.97. The Bertz CT molecular complexity index is 410. The van der Waals surface area contributed by atoms with Crippen LogP contribution in [0.4, 0.5) is 4.39 Å². The minimum Gasteiger partial charge on any atom is -0.496 e. The predicted molar refractivity (Wildman–Crippen MR) is 62.1 cm³/mol. The molecule has 3 heteroatoms. The van der Waals surface area contributed by atoms with Gasteiger partial charge in [0.25, 0.3) is 0 Å². The normalized spacial score (nSPS) is 18.3. The van der Waals surface area contributed by atoms with Crippen LogP contribution in [0.2, 0.25) is 0 Å². The highest BCUT2D eigenvalue weighted by Crippen LogP contribution is 2.51. The summed E-state index contributed by atoms with van der Waals surface area (Å²) in [5.41, 5.74) is 6.13. The average molecular weight is 223 g/mol. The van der Waals surface area contributed by atoms with Crippen molar-refractivity contribution in [3.05, 3.63) is 29.6 Å². The van der Waals surface area contributed by atoms with Gasteiger partial charge < -0.3 is 10.5 Å². The van der Waals surface area contributed by atoms with Crippen molar-refractivity contribution in [1.82, 2.24) is 0 Å². The Labute approximate surface area is 95.6 Å². The zero-order chi connectivity index (χ0) is 12.0. The lowest BCUT2D eigenvalue weighted by Crippen LogP contribution is -2.44. The van der Waals surface area contributed by atoms with E-state index in [4.69, 9.17) is 10.5 Å². The summed E-state index contributed by atoms with van der Waals surface area (Å²) < 4.78 is 19.2. The van der Waals surface area contributed by atoms with E-state index in [2.05, 4.69) is 0 Å². The molecular formula is C13H18FNO. The van der Waals surface area contributed by atoms with E-state index < -0.39 is 5.41 Å². The summed E-state index contributed by atoms with van der Waals surface area (Å²) in [7, 11) is 1.56. The minimum atomic E-state index is -0.399. The number of hydrogen-bond donors (Lipinski definition) is 1. The standard InChI is InChI=1S/C13H18FNO/c1-12(2,13(15)7-8-13)11-9(14)5-4-6-10(11)16-3/h4-6H,7-8,15H2,1-3H3. The van der Waals surface area contributed by atoms with Gasteiger partial charge in [-0.3, -0.25) is 0 Å². The molecule has 1 fully saturated rings. The zero-order valence-corrected chi connectivity index (χ0v) is 10.0. The van der Waals surface area contributed by atoms with Crippen molar-refractivity contribution >= 4 is 0 Å². The van der Waals surface area contributed by atoms with Gasteiger partial charge in [0.1, 0.15) is 11.6 Å². The summed E-state index contributed by atoms with van der Waals surface area (Å²) in [6, 6.07) is 4.90. The summed E-state index contributed by atoms with van der Waals surface area (Å²) in [5, 5.41) is 0. The maximum atomic E-state index is 14.0. The second-order valence-electron chi connectivity index (χ2n) is 5.10. The van der Waals surface area contributed by atoms with E-state index >= 15 is 0 Å². The molecule has 2 nitrogen and oxygen atoms in total. The monoisotopic (exact) mass is 223 g/mol. The van der Waals surface area contributed by atoms with Gasteiger partial charge in [-0.2, -0.15) is 0 Å². The molecule has 0 atom stereocenters. The SMILES string of the molecule is COc1cccc(F)c1C(C)(C)C1(N)CC1. The number of ether oxygens (including phenoxy) is 1. The Morgan fingerprint density at radius 2 is 2.00 bits per heavy atom. The van der Waals surface area contributed by atoms with Crippen LogP contribution in [0.25, 0.3) is 0 Å². The van der Waals surface area contributed by atoms with E-state index in [1.54, 1.807) is 19.2 Å². The van der Waals surface area contributed by atoms with Crippen molar-refractivity contribution in [2.45, 2.75) is 37.6 Å². The van der Waals surface area contributed by atoms with Gasteiger partial charge in [0, 0.05) is 16.5 Å². The van der Waals surface area contributed by atoms with Gasteiger partial charge in [-0.25, -0.2) is 4.39 Å². The summed E-state index contributed by atoms with van der Waals surface area (Å²) in [6.07, 6.45) is 1.88. The van der Waals surface area contributed by atoms with E-state index in [-0.39, 0.29) is 11.4 Å². The number of hydrogen-bond acceptors (Lipinski definition) is 2. The second kappa shape index (κ2) is 3.45. The quantitative estimate of drug-likeness (QED) is 0.854. The van der Waals surface area contributed by atoms with Crippen LogP contribution in [-0.4, -0.2) is 12.6 Å². The van der Waals surface area contributed by atoms with Crippen LogP contribution in [0.5, 0.6) is 5.75 Å². The molecule has 0 heterocycles. The lowest BCUT2D eigenvalue weighted by molar-refractivity contribution is 0.339. The fourth-order valence-corrected chi connectivity index (χ4v) is 2.29. The molecule has 0 spiro atoms. The van der Waals surface area contributed by atoms with E-state index in [1.165, 1.54) is 6.07 Å². The fourth-order valence-electron chi connectivity index (χ4n) is 2.29. The molecule has 1 aliphatic carbocycles. The fraction of sp³-hybridized carbons (Fsp3) is 0.538. The molecule has 2 rings (SSSR count). The second-order valence-corrected chi connectivity index (χ2v) is 5.10. The Morgan fingerprint density at radius 1 is 1.38 bits per heavy atom. The average Bonchev–Trinajstić information content (AvgIpc) is 2.97. The van der Waals surface area contributed by atoms with Crippen LogP contribution in [0.1, 0.15) is 32.3 Å². The lowest BCUT2D eigenvalue weighted by atomic mass is 9.75. The van der Waals surface area contributed by atoms with E-state index in [0.717, 1.165) is 12.8 Å². The minimum absolute atomic E-state index is 0.235. The largest absolute Gasteiger partial charge is 0.496 e. The first-order chi connectivity index (χ1) is 7.42. The first-order valence-corrected chi connectivity index (χ1v) is 5.54. The number of halogens is 1. The zero-order valence-electron chi connectivity index (χ0n) is 10.0. The van der Waals surface area contributed by atoms with Gasteiger partial charge in [0.05, 0.1) is 7.11 Å². The van der Waals surface area contributed by atoms with Crippen LogP contribution in [0, 0.1) is 5.82 Å². The van der Waals surface area contributed by atoms with Gasteiger partial charge >= 0.3 is 0 Å². The maximum absolute atomic E-state index is 14.0. The van der Waals surface area contributed by atoms with Crippen LogP contribution in [0.15, 0.2) is 18.2 Å². The highest BCUT2D eigenvalue weighted by molar-refractivity contribution is 5.44. The van der Waals surface area contributed by atoms with Crippen molar-refractivity contribution in [3.63, 3.8) is 0 Å². The van der Waals surface area contributed by atoms with Crippen LogP contribution >= 0.6 is 0 Å². The molecule has 1 saturated carbocycles. The molecule has 1 aromatic carbocycles. The van der Waals surface area contributed by atoms with Gasteiger partial charge in [-0.1, -0.05) is 19.9 Å². The first-order valence-electron chi connectivity index (χ1n) is 5.54. The Morgan fingerprint density at radius 3 is 2.50 bits per heavy atom. The molecule has 0 unspecified atom stereocenters. The van der Waals surface area contributed by atoms with Crippen LogP contribution in [-0.2, 0) is 5.41 Å². The molecule has 88 valence electrons. The number of benzene rings is 1. The molecule has 0 aliphatic heterocycles. The molecule has 0 amide bonds. The Hall–Kier alpha value is -1.09. The topological polar surface area (TPSA) is 35.2 Å². The molecule has 0 radical (unpaired) electrons. The third kappa shape index (κ3) is 1.50.